The van der Waals surface area contributed by atoms with Gasteiger partial charge in [-0.25, -0.2) is 0 Å². The molecule has 1 heterocycles. The summed E-state index contributed by atoms with van der Waals surface area (Å²) in [5.41, 5.74) is 6.65. The number of rotatable bonds is 8. The highest BCUT2D eigenvalue weighted by Crippen LogP contribution is 2.23. The summed E-state index contributed by atoms with van der Waals surface area (Å²) in [6.45, 7) is 5.34. The summed E-state index contributed by atoms with van der Waals surface area (Å²) in [6.07, 6.45) is 1.42. The van der Waals surface area contributed by atoms with Crippen molar-refractivity contribution in [2.45, 2.75) is 32.8 Å². The van der Waals surface area contributed by atoms with E-state index in [0.717, 1.165) is 18.4 Å². The van der Waals surface area contributed by atoms with Crippen molar-refractivity contribution in [2.24, 2.45) is 11.7 Å². The molecule has 5 nitrogen and oxygen atoms in total. The molecule has 2 aromatic rings. The Bertz CT molecular complexity index is 527. The van der Waals surface area contributed by atoms with Gasteiger partial charge in [-0.2, -0.15) is 4.98 Å². The van der Waals surface area contributed by atoms with Crippen LogP contribution in [0, 0.1) is 5.92 Å². The van der Waals surface area contributed by atoms with E-state index in [1.54, 1.807) is 0 Å². The van der Waals surface area contributed by atoms with Gasteiger partial charge in [0.05, 0.1) is 0 Å². The first kappa shape index (κ1) is 15.7. The molecule has 0 spiro atoms. The van der Waals surface area contributed by atoms with Gasteiger partial charge in [0, 0.05) is 13.0 Å². The predicted molar refractivity (Wildman–Crippen MR) is 80.7 cm³/mol. The van der Waals surface area contributed by atoms with E-state index in [1.165, 1.54) is 0 Å². The molecule has 2 unspecified atom stereocenters. The van der Waals surface area contributed by atoms with Gasteiger partial charge in [-0.3, -0.25) is 0 Å². The molecule has 0 aliphatic rings. The lowest BCUT2D eigenvalue weighted by Crippen LogP contribution is -2.11. The van der Waals surface area contributed by atoms with Gasteiger partial charge in [-0.05, 0) is 31.4 Å². The first-order valence-corrected chi connectivity index (χ1v) is 7.43. The van der Waals surface area contributed by atoms with Gasteiger partial charge in [-0.1, -0.05) is 42.4 Å². The summed E-state index contributed by atoms with van der Waals surface area (Å²) >= 11 is 0. The van der Waals surface area contributed by atoms with Crippen molar-refractivity contribution in [1.82, 2.24) is 10.1 Å². The third-order valence-electron chi connectivity index (χ3n) is 3.41. The SMILES string of the molecule is CCOC(c1ccccc1)c1noc(CCC(C)CN)n1. The van der Waals surface area contributed by atoms with Crippen LogP contribution < -0.4 is 5.73 Å². The number of hydrogen-bond acceptors (Lipinski definition) is 5. The summed E-state index contributed by atoms with van der Waals surface area (Å²) in [7, 11) is 0. The Hall–Kier alpha value is -1.72. The highest BCUT2D eigenvalue weighted by Gasteiger charge is 2.20. The Balaban J connectivity index is 2.09. The molecule has 0 saturated carbocycles. The molecule has 0 aliphatic carbocycles. The van der Waals surface area contributed by atoms with Gasteiger partial charge in [0.15, 0.2) is 0 Å². The van der Waals surface area contributed by atoms with Crippen LogP contribution >= 0.6 is 0 Å². The number of benzene rings is 1. The number of hydrogen-bond donors (Lipinski definition) is 1. The molecule has 0 aliphatic heterocycles. The van der Waals surface area contributed by atoms with Crippen molar-refractivity contribution in [3.8, 4) is 0 Å². The lowest BCUT2D eigenvalue weighted by Gasteiger charge is -2.13. The van der Waals surface area contributed by atoms with E-state index in [0.29, 0.717) is 30.8 Å². The van der Waals surface area contributed by atoms with Crippen molar-refractivity contribution < 1.29 is 9.26 Å². The smallest absolute Gasteiger partial charge is 0.226 e. The second-order valence-corrected chi connectivity index (χ2v) is 5.17. The van der Waals surface area contributed by atoms with E-state index in [2.05, 4.69) is 17.1 Å². The summed E-state index contributed by atoms with van der Waals surface area (Å²) in [5.74, 6) is 1.68. The van der Waals surface area contributed by atoms with Gasteiger partial charge in [0.2, 0.25) is 11.7 Å². The van der Waals surface area contributed by atoms with Gasteiger partial charge in [0.25, 0.3) is 0 Å². The van der Waals surface area contributed by atoms with Crippen molar-refractivity contribution in [1.29, 1.82) is 0 Å². The molecule has 2 rings (SSSR count). The number of nitrogens with zero attached hydrogens (tertiary/aromatic N) is 2. The second kappa shape index (κ2) is 7.90. The molecule has 21 heavy (non-hydrogen) atoms. The average molecular weight is 289 g/mol. The first-order valence-electron chi connectivity index (χ1n) is 7.43. The van der Waals surface area contributed by atoms with Crippen LogP contribution in [-0.2, 0) is 11.2 Å². The Kier molecular flexibility index (Phi) is 5.90. The molecule has 5 heteroatoms. The molecule has 0 saturated heterocycles. The molecule has 2 N–H and O–H groups in total. The predicted octanol–water partition coefficient (Wildman–Crippen LogP) is 2.72. The largest absolute Gasteiger partial charge is 0.366 e. The fraction of sp³-hybridized carbons (Fsp3) is 0.500. The Morgan fingerprint density at radius 1 is 1.29 bits per heavy atom. The normalized spacial score (nSPS) is 14.0. The van der Waals surface area contributed by atoms with Crippen LogP contribution in [0.25, 0.3) is 0 Å². The first-order chi connectivity index (χ1) is 10.2. The van der Waals surface area contributed by atoms with Crippen LogP contribution in [0.2, 0.25) is 0 Å². The fourth-order valence-electron chi connectivity index (χ4n) is 2.08. The zero-order valence-electron chi connectivity index (χ0n) is 12.7. The van der Waals surface area contributed by atoms with E-state index >= 15 is 0 Å². The fourth-order valence-corrected chi connectivity index (χ4v) is 2.08. The van der Waals surface area contributed by atoms with Crippen LogP contribution in [0.4, 0.5) is 0 Å². The Morgan fingerprint density at radius 3 is 2.71 bits per heavy atom. The molecule has 2 atom stereocenters. The summed E-state index contributed by atoms with van der Waals surface area (Å²) in [4.78, 5) is 4.47. The number of aromatic nitrogens is 2. The van der Waals surface area contributed by atoms with Gasteiger partial charge >= 0.3 is 0 Å². The number of nitrogens with two attached hydrogens (primary N) is 1. The molecule has 0 amide bonds. The minimum Gasteiger partial charge on any atom is -0.366 e. The van der Waals surface area contributed by atoms with Crippen molar-refractivity contribution >= 4 is 0 Å². The lowest BCUT2D eigenvalue weighted by atomic mass is 10.1. The average Bonchev–Trinajstić information content (AvgIpc) is 2.99. The zero-order valence-corrected chi connectivity index (χ0v) is 12.7. The van der Waals surface area contributed by atoms with Crippen LogP contribution in [0.3, 0.4) is 0 Å². The van der Waals surface area contributed by atoms with E-state index < -0.39 is 0 Å². The second-order valence-electron chi connectivity index (χ2n) is 5.17. The van der Waals surface area contributed by atoms with E-state index in [9.17, 15) is 0 Å². The van der Waals surface area contributed by atoms with Crippen molar-refractivity contribution in [2.75, 3.05) is 13.2 Å². The molecular weight excluding hydrogens is 266 g/mol. The molecule has 0 fully saturated rings. The monoisotopic (exact) mass is 289 g/mol. The molecule has 0 radical (unpaired) electrons. The number of ether oxygens (including phenoxy) is 1. The van der Waals surface area contributed by atoms with Crippen LogP contribution in [-0.4, -0.2) is 23.3 Å². The van der Waals surface area contributed by atoms with Crippen molar-refractivity contribution in [3.05, 3.63) is 47.6 Å². The quantitative estimate of drug-likeness (QED) is 0.808. The van der Waals surface area contributed by atoms with Gasteiger partial charge in [-0.15, -0.1) is 0 Å². The maximum absolute atomic E-state index is 5.77. The molecule has 1 aromatic carbocycles. The summed E-state index contributed by atoms with van der Waals surface area (Å²) in [6, 6.07) is 9.94. The van der Waals surface area contributed by atoms with Crippen molar-refractivity contribution in [3.63, 3.8) is 0 Å². The Labute approximate surface area is 125 Å². The van der Waals surface area contributed by atoms with E-state index in [1.807, 2.05) is 37.3 Å². The highest BCUT2D eigenvalue weighted by atomic mass is 16.5. The Morgan fingerprint density at radius 2 is 2.05 bits per heavy atom. The molecular formula is C16H23N3O2. The van der Waals surface area contributed by atoms with Gasteiger partial charge in [0.1, 0.15) is 6.10 Å². The maximum Gasteiger partial charge on any atom is 0.226 e. The van der Waals surface area contributed by atoms with E-state index in [4.69, 9.17) is 15.0 Å². The third-order valence-corrected chi connectivity index (χ3v) is 3.41. The summed E-state index contributed by atoms with van der Waals surface area (Å²) < 4.78 is 11.1. The topological polar surface area (TPSA) is 74.2 Å². The van der Waals surface area contributed by atoms with Crippen LogP contribution in [0.15, 0.2) is 34.9 Å². The maximum atomic E-state index is 5.77. The van der Waals surface area contributed by atoms with Crippen LogP contribution in [0.1, 0.15) is 43.7 Å². The third kappa shape index (κ3) is 4.37. The molecule has 0 bridgehead atoms. The van der Waals surface area contributed by atoms with E-state index in [-0.39, 0.29) is 6.10 Å². The number of aryl methyl sites for hydroxylation is 1. The summed E-state index contributed by atoms with van der Waals surface area (Å²) in [5, 5.41) is 4.07. The minimum absolute atomic E-state index is 0.277. The molecule has 114 valence electrons. The molecule has 1 aromatic heterocycles. The van der Waals surface area contributed by atoms with Gasteiger partial charge < -0.3 is 15.0 Å². The minimum atomic E-state index is -0.277. The lowest BCUT2D eigenvalue weighted by molar-refractivity contribution is 0.0833. The van der Waals surface area contributed by atoms with Crippen LogP contribution in [0.5, 0.6) is 0 Å². The highest BCUT2D eigenvalue weighted by molar-refractivity contribution is 5.22. The zero-order chi connectivity index (χ0) is 15.1. The standard InChI is InChI=1S/C16H23N3O2/c1-3-20-15(13-7-5-4-6-8-13)16-18-14(21-19-16)10-9-12(2)11-17/h4-8,12,15H,3,9-11,17H2,1-2H3.